The van der Waals surface area contributed by atoms with E-state index in [0.717, 1.165) is 25.0 Å². The Morgan fingerprint density at radius 2 is 1.88 bits per heavy atom. The molecule has 1 aliphatic carbocycles. The summed E-state index contributed by atoms with van der Waals surface area (Å²) in [6.07, 6.45) is 2.23. The monoisotopic (exact) mass is 392 g/mol. The fourth-order valence-electron chi connectivity index (χ4n) is 2.60. The van der Waals surface area contributed by atoms with Crippen molar-refractivity contribution in [1.82, 2.24) is 10.0 Å². The number of nitro benzene ring substituents is 1. The number of nitrogens with one attached hydrogen (secondary N) is 2. The van der Waals surface area contributed by atoms with Crippen LogP contribution in [0.3, 0.4) is 0 Å². The van der Waals surface area contributed by atoms with Gasteiger partial charge in [-0.2, -0.15) is 0 Å². The zero-order chi connectivity index (χ0) is 17.7. The van der Waals surface area contributed by atoms with Crippen molar-refractivity contribution < 1.29 is 18.1 Å². The van der Waals surface area contributed by atoms with Gasteiger partial charge in [0.2, 0.25) is 15.9 Å². The number of amides is 1. The number of hydrogen-bond acceptors (Lipinski definition) is 6. The molecule has 1 aromatic carbocycles. The summed E-state index contributed by atoms with van der Waals surface area (Å²) in [5.74, 6) is -0.219. The van der Waals surface area contributed by atoms with Crippen LogP contribution in [0.15, 0.2) is 29.2 Å². The van der Waals surface area contributed by atoms with Gasteiger partial charge in [-0.3, -0.25) is 14.9 Å². The molecule has 9 nitrogen and oxygen atoms in total. The van der Waals surface area contributed by atoms with Crippen molar-refractivity contribution in [3.63, 3.8) is 0 Å². The normalized spacial score (nSPS) is 19.9. The molecule has 1 saturated carbocycles. The molecular weight excluding hydrogens is 372 g/mol. The van der Waals surface area contributed by atoms with Gasteiger partial charge < -0.3 is 11.1 Å². The largest absolute Gasteiger partial charge is 0.355 e. The van der Waals surface area contributed by atoms with Crippen molar-refractivity contribution >= 4 is 34.0 Å². The van der Waals surface area contributed by atoms with E-state index in [-0.39, 0.29) is 53.9 Å². The number of non-ortho nitro benzene ring substituents is 1. The topological polar surface area (TPSA) is 144 Å². The van der Waals surface area contributed by atoms with Crippen LogP contribution < -0.4 is 15.8 Å². The van der Waals surface area contributed by atoms with Gasteiger partial charge in [0.15, 0.2) is 0 Å². The Morgan fingerprint density at radius 1 is 1.24 bits per heavy atom. The molecule has 0 aromatic heterocycles. The lowest BCUT2D eigenvalue weighted by Gasteiger charge is -2.11. The molecule has 0 heterocycles. The van der Waals surface area contributed by atoms with Gasteiger partial charge in [-0.05, 0) is 31.4 Å². The number of nitro groups is 1. The highest BCUT2D eigenvalue weighted by Crippen LogP contribution is 2.23. The lowest BCUT2D eigenvalue weighted by molar-refractivity contribution is -0.384. The predicted molar refractivity (Wildman–Crippen MR) is 93.9 cm³/mol. The Hall–Kier alpha value is -1.75. The Balaban J connectivity index is 0.00000312. The molecule has 2 rings (SSSR count). The molecule has 0 radical (unpaired) electrons. The number of benzene rings is 1. The molecule has 25 heavy (non-hydrogen) atoms. The smallest absolute Gasteiger partial charge is 0.269 e. The lowest BCUT2D eigenvalue weighted by atomic mass is 10.1. The average Bonchev–Trinajstić information content (AvgIpc) is 2.98. The lowest BCUT2D eigenvalue weighted by Crippen LogP contribution is -2.37. The summed E-state index contributed by atoms with van der Waals surface area (Å²) in [5.41, 5.74) is 5.57. The van der Waals surface area contributed by atoms with E-state index in [4.69, 9.17) is 5.73 Å². The van der Waals surface area contributed by atoms with Gasteiger partial charge in [0.1, 0.15) is 0 Å². The minimum absolute atomic E-state index is 0. The second-order valence-corrected chi connectivity index (χ2v) is 7.48. The number of carbonyl (C=O) groups excluding carboxylic acids is 1. The Labute approximate surface area is 152 Å². The summed E-state index contributed by atoms with van der Waals surface area (Å²) in [6, 6.07) is 4.64. The molecule has 0 spiro atoms. The Kier molecular flexibility index (Phi) is 7.74. The minimum atomic E-state index is -3.77. The average molecular weight is 393 g/mol. The van der Waals surface area contributed by atoms with E-state index in [2.05, 4.69) is 10.0 Å². The quantitative estimate of drug-likeness (QED) is 0.351. The second kappa shape index (κ2) is 9.09. The molecule has 2 atom stereocenters. The van der Waals surface area contributed by atoms with Crippen LogP contribution in [0.25, 0.3) is 0 Å². The molecule has 1 aliphatic rings. The molecule has 0 bridgehead atoms. The fraction of sp³-hybridized carbons (Fsp3) is 0.500. The number of rotatable bonds is 7. The van der Waals surface area contributed by atoms with Crippen molar-refractivity contribution in [2.75, 3.05) is 13.1 Å². The molecular formula is C14H21ClN4O5S. The number of halogens is 1. The van der Waals surface area contributed by atoms with E-state index in [1.54, 1.807) is 0 Å². The maximum Gasteiger partial charge on any atom is 0.269 e. The van der Waals surface area contributed by atoms with Crippen molar-refractivity contribution in [3.8, 4) is 0 Å². The molecule has 1 fully saturated rings. The van der Waals surface area contributed by atoms with Crippen LogP contribution in [0.2, 0.25) is 0 Å². The van der Waals surface area contributed by atoms with Crippen LogP contribution in [0.4, 0.5) is 5.69 Å². The SMILES string of the molecule is Cl.NC1CCC(C(=O)NCCNS(=O)(=O)c2ccc([N+](=O)[O-])cc2)C1. The molecule has 11 heteroatoms. The third kappa shape index (κ3) is 5.92. The number of nitrogens with two attached hydrogens (primary N) is 1. The standard InChI is InChI=1S/C14H20N4O5S.ClH/c15-11-2-1-10(9-11)14(19)16-7-8-17-24(22,23)13-5-3-12(4-6-13)18(20)21;/h3-6,10-11,17H,1-2,7-9,15H2,(H,16,19);1H. The summed E-state index contributed by atoms with van der Waals surface area (Å²) in [5, 5.41) is 13.2. The highest BCUT2D eigenvalue weighted by molar-refractivity contribution is 7.89. The van der Waals surface area contributed by atoms with Crippen molar-refractivity contribution in [3.05, 3.63) is 34.4 Å². The number of hydrogen-bond donors (Lipinski definition) is 3. The first-order valence-electron chi connectivity index (χ1n) is 7.57. The van der Waals surface area contributed by atoms with E-state index < -0.39 is 14.9 Å². The van der Waals surface area contributed by atoms with Crippen LogP contribution in [0, 0.1) is 16.0 Å². The predicted octanol–water partition coefficient (Wildman–Crippen LogP) is 0.539. The maximum absolute atomic E-state index is 12.0. The van der Waals surface area contributed by atoms with Gasteiger partial charge in [-0.25, -0.2) is 13.1 Å². The second-order valence-electron chi connectivity index (χ2n) is 5.71. The first-order valence-corrected chi connectivity index (χ1v) is 9.05. The summed E-state index contributed by atoms with van der Waals surface area (Å²) in [4.78, 5) is 21.8. The van der Waals surface area contributed by atoms with Gasteiger partial charge in [-0.1, -0.05) is 0 Å². The molecule has 1 amide bonds. The summed E-state index contributed by atoms with van der Waals surface area (Å²) in [7, 11) is -3.77. The third-order valence-electron chi connectivity index (χ3n) is 3.92. The van der Waals surface area contributed by atoms with E-state index in [9.17, 15) is 23.3 Å². The van der Waals surface area contributed by atoms with Crippen molar-refractivity contribution in [2.24, 2.45) is 11.7 Å². The van der Waals surface area contributed by atoms with Crippen LogP contribution >= 0.6 is 12.4 Å². The van der Waals surface area contributed by atoms with Crippen LogP contribution in [-0.2, 0) is 14.8 Å². The molecule has 0 aliphatic heterocycles. The number of sulfonamides is 1. The molecule has 2 unspecified atom stereocenters. The van der Waals surface area contributed by atoms with Crippen molar-refractivity contribution in [1.29, 1.82) is 0 Å². The summed E-state index contributed by atoms with van der Waals surface area (Å²) < 4.78 is 26.4. The van der Waals surface area contributed by atoms with E-state index in [1.807, 2.05) is 0 Å². The first kappa shape index (κ1) is 21.3. The third-order valence-corrected chi connectivity index (χ3v) is 5.40. The van der Waals surface area contributed by atoms with E-state index in [1.165, 1.54) is 12.1 Å². The molecule has 140 valence electrons. The van der Waals surface area contributed by atoms with Gasteiger partial charge in [0, 0.05) is 37.2 Å². The van der Waals surface area contributed by atoms with E-state index in [0.29, 0.717) is 6.42 Å². The van der Waals surface area contributed by atoms with Crippen LogP contribution in [-0.4, -0.2) is 38.4 Å². The zero-order valence-corrected chi connectivity index (χ0v) is 15.0. The van der Waals surface area contributed by atoms with Gasteiger partial charge in [0.25, 0.3) is 5.69 Å². The summed E-state index contributed by atoms with van der Waals surface area (Å²) in [6.45, 7) is 0.195. The Morgan fingerprint density at radius 3 is 2.40 bits per heavy atom. The van der Waals surface area contributed by atoms with Crippen LogP contribution in [0.1, 0.15) is 19.3 Å². The fourth-order valence-corrected chi connectivity index (χ4v) is 3.63. The number of nitrogens with zero attached hydrogens (tertiary/aromatic N) is 1. The van der Waals surface area contributed by atoms with Crippen molar-refractivity contribution in [2.45, 2.75) is 30.2 Å². The summed E-state index contributed by atoms with van der Waals surface area (Å²) >= 11 is 0. The van der Waals surface area contributed by atoms with Crippen LogP contribution in [0.5, 0.6) is 0 Å². The maximum atomic E-state index is 12.0. The molecule has 1 aromatic rings. The molecule has 0 saturated heterocycles. The highest BCUT2D eigenvalue weighted by atomic mass is 35.5. The minimum Gasteiger partial charge on any atom is -0.355 e. The van der Waals surface area contributed by atoms with Gasteiger partial charge >= 0.3 is 0 Å². The van der Waals surface area contributed by atoms with E-state index >= 15 is 0 Å². The van der Waals surface area contributed by atoms with Gasteiger partial charge in [0.05, 0.1) is 9.82 Å². The van der Waals surface area contributed by atoms with Gasteiger partial charge in [-0.15, -0.1) is 12.4 Å². The zero-order valence-electron chi connectivity index (χ0n) is 13.4. The first-order chi connectivity index (χ1) is 11.3. The number of carbonyl (C=O) groups is 1. The Bertz CT molecular complexity index is 710. The highest BCUT2D eigenvalue weighted by Gasteiger charge is 2.27. The molecule has 4 N–H and O–H groups in total.